The minimum atomic E-state index is -0.585. The summed E-state index contributed by atoms with van der Waals surface area (Å²) in [5, 5.41) is 9.84. The molecule has 26 heteroatoms. The van der Waals surface area contributed by atoms with E-state index in [1.54, 1.807) is 80.7 Å². The Morgan fingerprint density at radius 3 is 1.49 bits per heavy atom. The van der Waals surface area contributed by atoms with Gasteiger partial charge in [-0.2, -0.15) is 9.97 Å². The van der Waals surface area contributed by atoms with Crippen LogP contribution in [0.4, 0.5) is 35.0 Å². The van der Waals surface area contributed by atoms with Crippen LogP contribution in [0.3, 0.4) is 0 Å². The number of hydrogen-bond donors (Lipinski definition) is 2. The van der Waals surface area contributed by atoms with E-state index in [0.717, 1.165) is 62.1 Å². The lowest BCUT2D eigenvalue weighted by Crippen LogP contribution is -2.36. The average molecular weight is 1270 g/mol. The van der Waals surface area contributed by atoms with E-state index in [4.69, 9.17) is 42.2 Å². The van der Waals surface area contributed by atoms with Crippen LogP contribution in [0.5, 0.6) is 0 Å². The van der Waals surface area contributed by atoms with Crippen LogP contribution in [0.15, 0.2) is 108 Å². The monoisotopic (exact) mass is 1270 g/mol. The van der Waals surface area contributed by atoms with Gasteiger partial charge in [0.25, 0.3) is 11.8 Å². The predicted molar refractivity (Wildman–Crippen MR) is 347 cm³/mol. The highest BCUT2D eigenvalue weighted by atomic mass is 32.1. The number of aromatic nitrogens is 6. The molecule has 0 bridgehead atoms. The van der Waals surface area contributed by atoms with Gasteiger partial charge < -0.3 is 71.6 Å². The Morgan fingerprint density at radius 2 is 1.02 bits per heavy atom. The third kappa shape index (κ3) is 11.8. The van der Waals surface area contributed by atoms with Crippen LogP contribution < -0.4 is 31.3 Å². The summed E-state index contributed by atoms with van der Waals surface area (Å²) in [6.45, 7) is 4.57. The van der Waals surface area contributed by atoms with E-state index < -0.39 is 11.9 Å². The van der Waals surface area contributed by atoms with Crippen LogP contribution in [-0.4, -0.2) is 158 Å². The molecule has 2 saturated carbocycles. The number of amides is 2. The van der Waals surface area contributed by atoms with Crippen LogP contribution in [0.1, 0.15) is 105 Å². The molecule has 10 heterocycles. The lowest BCUT2D eigenvalue weighted by atomic mass is 10.0. The predicted octanol–water partition coefficient (Wildman–Crippen LogP) is 10.4. The summed E-state index contributed by atoms with van der Waals surface area (Å²) >= 11 is 1.28. The van der Waals surface area contributed by atoms with Crippen molar-refractivity contribution in [2.75, 3.05) is 115 Å². The van der Waals surface area contributed by atoms with Crippen LogP contribution in [0.2, 0.25) is 0 Å². The van der Waals surface area contributed by atoms with E-state index in [2.05, 4.69) is 25.2 Å². The number of esters is 2. The number of thiophene rings is 1. The van der Waals surface area contributed by atoms with Crippen molar-refractivity contribution in [2.45, 2.75) is 63.5 Å². The Balaban J connectivity index is 0.000000168. The van der Waals surface area contributed by atoms with E-state index >= 15 is 0 Å². The van der Waals surface area contributed by atoms with Crippen LogP contribution in [-0.2, 0) is 18.9 Å². The topological polar surface area (TPSA) is 277 Å². The molecule has 2 aromatic carbocycles. The molecule has 476 valence electrons. The number of fused-ring (bicyclic) bond motifs is 4. The van der Waals surface area contributed by atoms with Gasteiger partial charge in [0.15, 0.2) is 22.9 Å². The second kappa shape index (κ2) is 25.8. The second-order valence-corrected chi connectivity index (χ2v) is 24.4. The number of hydrogen-bond acceptors (Lipinski definition) is 22. The SMILES string of the molecule is COC(=O)c1cc(Nc2ncc3cc(C(=O)N(C)C)n(C4CCCC4)c3n2)ccc1-c1coc2c(=O)cc(N3CCOCC3)oc12.COC(=O)c1cc(Nc2ncc3cc(C(=O)N(C)C)n(C4CCCC4)c3n2)ccc1-c1csc2c(=O)cc(N3CCOCC3)oc12. The fourth-order valence-electron chi connectivity index (χ4n) is 12.6. The van der Waals surface area contributed by atoms with E-state index in [0.29, 0.717) is 148 Å². The van der Waals surface area contributed by atoms with Crippen LogP contribution >= 0.6 is 11.3 Å². The lowest BCUT2D eigenvalue weighted by Gasteiger charge is -2.27. The Morgan fingerprint density at radius 1 is 0.565 bits per heavy atom. The molecule has 14 rings (SSSR count). The molecule has 0 radical (unpaired) electrons. The molecular formula is C66H68N12O13S. The first-order valence-corrected chi connectivity index (χ1v) is 31.5. The van der Waals surface area contributed by atoms with Gasteiger partial charge in [0.2, 0.25) is 28.3 Å². The zero-order valence-electron chi connectivity index (χ0n) is 51.7. The number of methoxy groups -OCH3 is 2. The van der Waals surface area contributed by atoms with Crippen molar-refractivity contribution >= 4 is 114 Å². The van der Waals surface area contributed by atoms with Gasteiger partial charge in [-0.1, -0.05) is 37.8 Å². The first kappa shape index (κ1) is 61.0. The second-order valence-electron chi connectivity index (χ2n) is 23.5. The highest BCUT2D eigenvalue weighted by Crippen LogP contribution is 2.41. The van der Waals surface area contributed by atoms with Crippen molar-refractivity contribution in [3.63, 3.8) is 0 Å². The molecule has 8 aromatic heterocycles. The molecule has 92 heavy (non-hydrogen) atoms. The fraction of sp³-hybridized carbons (Fsp3) is 0.364. The number of ether oxygens (including phenoxy) is 4. The zero-order chi connectivity index (χ0) is 63.9. The Labute approximate surface area is 530 Å². The maximum atomic E-state index is 13.1. The van der Waals surface area contributed by atoms with Gasteiger partial charge in [-0.15, -0.1) is 11.3 Å². The van der Waals surface area contributed by atoms with Crippen molar-refractivity contribution in [3.05, 3.63) is 128 Å². The number of carbonyl (C=O) groups is 4. The maximum absolute atomic E-state index is 13.1. The van der Waals surface area contributed by atoms with Crippen molar-refractivity contribution in [3.8, 4) is 22.3 Å². The summed E-state index contributed by atoms with van der Waals surface area (Å²) in [6.07, 6.45) is 13.2. The van der Waals surface area contributed by atoms with Gasteiger partial charge in [0.05, 0.1) is 63.4 Å². The number of furan rings is 1. The van der Waals surface area contributed by atoms with E-state index in [1.807, 2.05) is 37.9 Å². The number of nitrogens with zero attached hydrogens (tertiary/aromatic N) is 10. The van der Waals surface area contributed by atoms with Gasteiger partial charge in [0, 0.05) is 129 Å². The largest absolute Gasteiger partial charge is 0.465 e. The number of nitrogens with one attached hydrogen (secondary N) is 2. The number of morpholine rings is 2. The van der Waals surface area contributed by atoms with E-state index in [1.165, 1.54) is 44.0 Å². The fourth-order valence-corrected chi connectivity index (χ4v) is 13.5. The maximum Gasteiger partial charge on any atom is 0.338 e. The van der Waals surface area contributed by atoms with E-state index in [-0.39, 0.29) is 51.5 Å². The van der Waals surface area contributed by atoms with Gasteiger partial charge >= 0.3 is 11.9 Å². The molecule has 2 amide bonds. The van der Waals surface area contributed by atoms with Gasteiger partial charge in [-0.3, -0.25) is 19.2 Å². The van der Waals surface area contributed by atoms with Gasteiger partial charge in [0.1, 0.15) is 33.6 Å². The molecule has 2 aliphatic carbocycles. The quantitative estimate of drug-likeness (QED) is 0.0957. The van der Waals surface area contributed by atoms with Crippen molar-refractivity contribution < 1.29 is 51.4 Å². The summed E-state index contributed by atoms with van der Waals surface area (Å²) < 4.78 is 43.9. The number of anilines is 6. The molecule has 0 unspecified atom stereocenters. The smallest absolute Gasteiger partial charge is 0.338 e. The third-order valence-corrected chi connectivity index (χ3v) is 18.2. The Bertz CT molecular complexity index is 4320. The molecular weight excluding hydrogens is 1200 g/mol. The van der Waals surface area contributed by atoms with Crippen molar-refractivity contribution in [1.29, 1.82) is 0 Å². The number of carbonyl (C=O) groups excluding carboxylic acids is 4. The molecule has 25 nitrogen and oxygen atoms in total. The van der Waals surface area contributed by atoms with Gasteiger partial charge in [-0.05, 0) is 62.1 Å². The minimum Gasteiger partial charge on any atom is -0.465 e. The normalized spacial score (nSPS) is 15.5. The molecule has 10 aromatic rings. The Kier molecular flexibility index (Phi) is 17.1. The summed E-state index contributed by atoms with van der Waals surface area (Å²) in [5.74, 6) is 0.243. The summed E-state index contributed by atoms with van der Waals surface area (Å²) in [7, 11) is 9.60. The summed E-state index contributed by atoms with van der Waals surface area (Å²) in [6, 6.07) is 17.4. The van der Waals surface area contributed by atoms with Crippen molar-refractivity contribution in [1.82, 2.24) is 38.9 Å². The molecule has 2 saturated heterocycles. The first-order valence-electron chi connectivity index (χ1n) is 30.6. The van der Waals surface area contributed by atoms with Crippen LogP contribution in [0, 0.1) is 0 Å². The zero-order valence-corrected chi connectivity index (χ0v) is 52.6. The van der Waals surface area contributed by atoms with Crippen molar-refractivity contribution in [2.24, 2.45) is 0 Å². The molecule has 2 aliphatic heterocycles. The summed E-state index contributed by atoms with van der Waals surface area (Å²) in [5.41, 5.74) is 6.56. The average Bonchev–Trinajstić information content (AvgIpc) is 1.60. The molecule has 4 aliphatic rings. The van der Waals surface area contributed by atoms with Gasteiger partial charge in [-0.25, -0.2) is 19.6 Å². The first-order chi connectivity index (χ1) is 44.6. The standard InChI is InChI=1S/C33H34N6O7.C33H34N6O6S/c1-37(2)31(41)25-14-19-17-34-33(36-30(19)39(25)21-6-4-5-7-21)35-20-8-9-22(23(15-20)32(42)43-3)24-18-45-29-26(40)16-27(46-28(24)29)38-10-12-44-13-11-38;1-37(2)31(41)25-14-19-17-34-33(36-30(19)39(25)21-6-4-5-7-21)35-20-8-9-22(23(15-20)32(42)43-3)24-18-46-29-26(40)16-27(45-28(24)29)38-10-12-44-13-11-38/h2*8-9,14-18,21H,4-7,10-13H2,1-3H3,(H,34,35,36). The third-order valence-electron chi connectivity index (χ3n) is 17.2. The molecule has 0 atom stereocenters. The molecule has 4 fully saturated rings. The summed E-state index contributed by atoms with van der Waals surface area (Å²) in [4.78, 5) is 104. The molecule has 0 spiro atoms. The van der Waals surface area contributed by atoms with E-state index in [9.17, 15) is 28.8 Å². The lowest BCUT2D eigenvalue weighted by molar-refractivity contribution is 0.0592. The number of rotatable bonds is 14. The van der Waals surface area contributed by atoms with Crippen LogP contribution in [0.25, 0.3) is 65.8 Å². The Hall–Kier alpha value is -9.92. The minimum absolute atomic E-state index is 0.0594. The molecule has 2 N–H and O–H groups in total. The highest BCUT2D eigenvalue weighted by molar-refractivity contribution is 7.17. The highest BCUT2D eigenvalue weighted by Gasteiger charge is 2.31. The number of benzene rings is 2.